The molecule has 0 spiro atoms. The van der Waals surface area contributed by atoms with Gasteiger partial charge in [-0.1, -0.05) is 30.1 Å². The molecule has 0 saturated heterocycles. The van der Waals surface area contributed by atoms with Crippen LogP contribution in [0.5, 0.6) is 0 Å². The first-order valence-electron chi connectivity index (χ1n) is 6.74. The second-order valence-electron chi connectivity index (χ2n) is 4.60. The molecule has 0 unspecified atom stereocenters. The number of nitrogens with one attached hydrogen (secondary N) is 1. The van der Waals surface area contributed by atoms with Gasteiger partial charge in [0.1, 0.15) is 11.6 Å². The quantitative estimate of drug-likeness (QED) is 0.732. The topological polar surface area (TPSA) is 37.8 Å². The molecular formula is C15H17Cl2N3S. The highest BCUT2D eigenvalue weighted by molar-refractivity contribution is 7.98. The van der Waals surface area contributed by atoms with Crippen LogP contribution in [0.3, 0.4) is 0 Å². The minimum absolute atomic E-state index is 0.567. The number of aromatic nitrogens is 2. The first-order chi connectivity index (χ1) is 10.1. The molecule has 2 aromatic rings. The molecule has 0 amide bonds. The summed E-state index contributed by atoms with van der Waals surface area (Å²) < 4.78 is 0. The monoisotopic (exact) mass is 341 g/mol. The fourth-order valence-electron chi connectivity index (χ4n) is 1.75. The van der Waals surface area contributed by atoms with Gasteiger partial charge < -0.3 is 5.32 Å². The van der Waals surface area contributed by atoms with Crippen molar-refractivity contribution in [1.82, 2.24) is 9.97 Å². The zero-order chi connectivity index (χ0) is 15.2. The van der Waals surface area contributed by atoms with Gasteiger partial charge in [-0.05, 0) is 31.5 Å². The second kappa shape index (κ2) is 7.87. The standard InChI is InChI=1S/C15H17Cl2N3S/c1-3-6-18-14-7-10(2)19-15(20-14)9-21-11-4-5-12(16)13(17)8-11/h4-5,7-8H,3,6,9H2,1-2H3,(H,18,19,20). The van der Waals surface area contributed by atoms with Crippen LogP contribution in [0.1, 0.15) is 24.9 Å². The zero-order valence-corrected chi connectivity index (χ0v) is 14.3. The molecule has 1 aromatic carbocycles. The molecule has 0 fully saturated rings. The van der Waals surface area contributed by atoms with Gasteiger partial charge in [0.25, 0.3) is 0 Å². The van der Waals surface area contributed by atoms with E-state index in [9.17, 15) is 0 Å². The first kappa shape index (κ1) is 16.4. The Morgan fingerprint density at radius 2 is 1.95 bits per heavy atom. The maximum Gasteiger partial charge on any atom is 0.141 e. The van der Waals surface area contributed by atoms with Crippen molar-refractivity contribution < 1.29 is 0 Å². The van der Waals surface area contributed by atoms with Crippen molar-refractivity contribution in [3.05, 3.63) is 45.8 Å². The van der Waals surface area contributed by atoms with Crippen molar-refractivity contribution in [2.75, 3.05) is 11.9 Å². The molecule has 3 nitrogen and oxygen atoms in total. The summed E-state index contributed by atoms with van der Waals surface area (Å²) in [4.78, 5) is 10.0. The minimum Gasteiger partial charge on any atom is -0.370 e. The number of hydrogen-bond donors (Lipinski definition) is 1. The minimum atomic E-state index is 0.567. The number of nitrogens with zero attached hydrogens (tertiary/aromatic N) is 2. The van der Waals surface area contributed by atoms with E-state index in [1.165, 1.54) is 0 Å². The van der Waals surface area contributed by atoms with E-state index in [4.69, 9.17) is 23.2 Å². The lowest BCUT2D eigenvalue weighted by Gasteiger charge is -2.08. The van der Waals surface area contributed by atoms with Crippen molar-refractivity contribution >= 4 is 40.8 Å². The van der Waals surface area contributed by atoms with Gasteiger partial charge in [0.05, 0.1) is 15.8 Å². The van der Waals surface area contributed by atoms with Crippen molar-refractivity contribution in [3.8, 4) is 0 Å². The average molecular weight is 342 g/mol. The lowest BCUT2D eigenvalue weighted by atomic mass is 10.4. The summed E-state index contributed by atoms with van der Waals surface area (Å²) in [5, 5.41) is 4.43. The van der Waals surface area contributed by atoms with Gasteiger partial charge >= 0.3 is 0 Å². The molecule has 0 bridgehead atoms. The molecule has 21 heavy (non-hydrogen) atoms. The van der Waals surface area contributed by atoms with E-state index < -0.39 is 0 Å². The highest BCUT2D eigenvalue weighted by Crippen LogP contribution is 2.29. The molecular weight excluding hydrogens is 325 g/mol. The first-order valence-corrected chi connectivity index (χ1v) is 8.49. The molecule has 2 rings (SSSR count). The molecule has 0 aliphatic rings. The lowest BCUT2D eigenvalue weighted by molar-refractivity contribution is 0.940. The van der Waals surface area contributed by atoms with E-state index in [2.05, 4.69) is 22.2 Å². The second-order valence-corrected chi connectivity index (χ2v) is 6.47. The van der Waals surface area contributed by atoms with Gasteiger partial charge in [-0.3, -0.25) is 0 Å². The third-order valence-electron chi connectivity index (χ3n) is 2.72. The summed E-state index contributed by atoms with van der Waals surface area (Å²) in [6.07, 6.45) is 1.07. The predicted molar refractivity (Wildman–Crippen MR) is 91.6 cm³/mol. The van der Waals surface area contributed by atoms with Crippen LogP contribution in [0, 0.1) is 6.92 Å². The van der Waals surface area contributed by atoms with E-state index >= 15 is 0 Å². The Bertz CT molecular complexity index is 620. The molecule has 0 radical (unpaired) electrons. The Morgan fingerprint density at radius 3 is 2.67 bits per heavy atom. The SMILES string of the molecule is CCCNc1cc(C)nc(CSc2ccc(Cl)c(Cl)c2)n1. The predicted octanol–water partition coefficient (Wildman–Crippen LogP) is 5.21. The summed E-state index contributed by atoms with van der Waals surface area (Å²) in [6, 6.07) is 7.58. The van der Waals surface area contributed by atoms with Crippen LogP contribution in [0.15, 0.2) is 29.2 Å². The molecule has 1 heterocycles. The summed E-state index contributed by atoms with van der Waals surface area (Å²) in [6.45, 7) is 5.02. The van der Waals surface area contributed by atoms with Gasteiger partial charge in [0, 0.05) is 23.2 Å². The largest absolute Gasteiger partial charge is 0.370 e. The van der Waals surface area contributed by atoms with Gasteiger partial charge in [-0.15, -0.1) is 11.8 Å². The molecule has 0 atom stereocenters. The van der Waals surface area contributed by atoms with Crippen molar-refractivity contribution in [3.63, 3.8) is 0 Å². The molecule has 0 saturated carbocycles. The van der Waals surface area contributed by atoms with Gasteiger partial charge in [0.2, 0.25) is 0 Å². The zero-order valence-electron chi connectivity index (χ0n) is 12.0. The summed E-state index contributed by atoms with van der Waals surface area (Å²) in [7, 11) is 0. The summed E-state index contributed by atoms with van der Waals surface area (Å²) >= 11 is 13.6. The van der Waals surface area contributed by atoms with Crippen molar-refractivity contribution in [1.29, 1.82) is 0 Å². The number of benzene rings is 1. The molecule has 0 aliphatic heterocycles. The molecule has 1 aromatic heterocycles. The Labute approximate surface area is 139 Å². The molecule has 0 aliphatic carbocycles. The van der Waals surface area contributed by atoms with Gasteiger partial charge in [-0.2, -0.15) is 0 Å². The Kier molecular flexibility index (Phi) is 6.15. The Morgan fingerprint density at radius 1 is 1.14 bits per heavy atom. The van der Waals surface area contributed by atoms with E-state index in [1.807, 2.05) is 25.1 Å². The number of anilines is 1. The maximum atomic E-state index is 6.02. The third-order valence-corrected chi connectivity index (χ3v) is 4.44. The van der Waals surface area contributed by atoms with Crippen LogP contribution >= 0.6 is 35.0 Å². The van der Waals surface area contributed by atoms with Gasteiger partial charge in [-0.25, -0.2) is 9.97 Å². The maximum absolute atomic E-state index is 6.02. The molecule has 112 valence electrons. The number of halogens is 2. The van der Waals surface area contributed by atoms with E-state index in [-0.39, 0.29) is 0 Å². The smallest absolute Gasteiger partial charge is 0.141 e. The number of thioether (sulfide) groups is 1. The van der Waals surface area contributed by atoms with Crippen LogP contribution in [0.2, 0.25) is 10.0 Å². The van der Waals surface area contributed by atoms with Crippen molar-refractivity contribution in [2.24, 2.45) is 0 Å². The van der Waals surface area contributed by atoms with Crippen LogP contribution in [-0.2, 0) is 5.75 Å². The Hall–Kier alpha value is -0.970. The van der Waals surface area contributed by atoms with Crippen molar-refractivity contribution in [2.45, 2.75) is 30.9 Å². The number of aryl methyl sites for hydroxylation is 1. The average Bonchev–Trinajstić information content (AvgIpc) is 2.46. The normalized spacial score (nSPS) is 10.7. The van der Waals surface area contributed by atoms with Crippen LogP contribution in [0.4, 0.5) is 5.82 Å². The summed E-state index contributed by atoms with van der Waals surface area (Å²) in [5.74, 6) is 2.39. The third kappa shape index (κ3) is 5.06. The molecule has 1 N–H and O–H groups in total. The highest BCUT2D eigenvalue weighted by atomic mass is 35.5. The summed E-state index contributed by atoms with van der Waals surface area (Å²) in [5.41, 5.74) is 0.966. The number of hydrogen-bond acceptors (Lipinski definition) is 4. The fraction of sp³-hybridized carbons (Fsp3) is 0.333. The van der Waals surface area contributed by atoms with Gasteiger partial charge in [0.15, 0.2) is 0 Å². The van der Waals surface area contributed by atoms with Crippen LogP contribution in [0.25, 0.3) is 0 Å². The van der Waals surface area contributed by atoms with Crippen LogP contribution < -0.4 is 5.32 Å². The lowest BCUT2D eigenvalue weighted by Crippen LogP contribution is -2.05. The van der Waals surface area contributed by atoms with E-state index in [0.717, 1.165) is 35.2 Å². The van der Waals surface area contributed by atoms with Crippen LogP contribution in [-0.4, -0.2) is 16.5 Å². The molecule has 6 heteroatoms. The Balaban J connectivity index is 2.05. The number of rotatable bonds is 6. The highest BCUT2D eigenvalue weighted by Gasteiger charge is 2.05. The fourth-order valence-corrected chi connectivity index (χ4v) is 2.91. The van der Waals surface area contributed by atoms with E-state index in [0.29, 0.717) is 15.8 Å². The van der Waals surface area contributed by atoms with E-state index in [1.54, 1.807) is 17.8 Å².